The first-order valence-corrected chi connectivity index (χ1v) is 11.8. The minimum Gasteiger partial charge on any atom is -0.480 e. The fourth-order valence-corrected chi connectivity index (χ4v) is 2.89. The Hall–Kier alpha value is -4.01. The number of hydrogen-bond donors (Lipinski definition) is 10. The van der Waals surface area contributed by atoms with Crippen LogP contribution in [-0.2, 0) is 38.4 Å². The van der Waals surface area contributed by atoms with Gasteiger partial charge < -0.3 is 47.0 Å². The molecule has 2 unspecified atom stereocenters. The molecule has 0 aromatic heterocycles. The first-order chi connectivity index (χ1) is 18.5. The van der Waals surface area contributed by atoms with E-state index >= 15 is 0 Å². The van der Waals surface area contributed by atoms with Crippen LogP contribution in [0.2, 0.25) is 0 Å². The van der Waals surface area contributed by atoms with Crippen molar-refractivity contribution in [3.63, 3.8) is 0 Å². The third kappa shape index (κ3) is 22.0. The summed E-state index contributed by atoms with van der Waals surface area (Å²) in [7, 11) is 0. The van der Waals surface area contributed by atoms with E-state index in [0.717, 1.165) is 9.80 Å². The Morgan fingerprint density at radius 2 is 1.10 bits per heavy atom. The summed E-state index contributed by atoms with van der Waals surface area (Å²) in [6, 6.07) is -2.15. The van der Waals surface area contributed by atoms with Gasteiger partial charge in [0.05, 0.1) is 26.2 Å². The molecule has 0 aromatic carbocycles. The summed E-state index contributed by atoms with van der Waals surface area (Å²) in [6.45, 7) is -2.82. The number of nitrogens with zero attached hydrogens (tertiary/aromatic N) is 2. The zero-order valence-corrected chi connectivity index (χ0v) is 22.0. The van der Waals surface area contributed by atoms with Crippen LogP contribution in [0.5, 0.6) is 0 Å². The molecule has 0 spiro atoms. The molecule has 0 aliphatic heterocycles. The van der Waals surface area contributed by atoms with Crippen LogP contribution >= 0.6 is 12.6 Å². The summed E-state index contributed by atoms with van der Waals surface area (Å²) in [6.07, 6.45) is -0.235. The minimum atomic E-state index is -1.23. The molecule has 0 saturated carbocycles. The number of carbonyl (C=O) groups is 8. The normalized spacial score (nSPS) is 11.9. The number of carboxylic acid groups (broad SMARTS) is 6. The number of nitrogens with one attached hydrogen (secondary N) is 2. The molecule has 0 aliphatic carbocycles. The van der Waals surface area contributed by atoms with E-state index in [1.54, 1.807) is 0 Å². The van der Waals surface area contributed by atoms with Crippen LogP contribution in [0.1, 0.15) is 12.8 Å². The van der Waals surface area contributed by atoms with Gasteiger partial charge in [0.15, 0.2) is 0 Å². The summed E-state index contributed by atoms with van der Waals surface area (Å²) in [4.78, 5) is 88.1. The Bertz CT molecular complexity index is 850. The molecule has 2 amide bonds. The van der Waals surface area contributed by atoms with Crippen LogP contribution in [0.25, 0.3) is 0 Å². The van der Waals surface area contributed by atoms with E-state index < -0.39 is 92.4 Å². The zero-order valence-electron chi connectivity index (χ0n) is 21.1. The highest BCUT2D eigenvalue weighted by atomic mass is 32.1. The van der Waals surface area contributed by atoms with Crippen molar-refractivity contribution in [3.05, 3.63) is 0 Å². The van der Waals surface area contributed by atoms with E-state index in [9.17, 15) is 38.4 Å². The summed E-state index contributed by atoms with van der Waals surface area (Å²) >= 11 is 3.87. The van der Waals surface area contributed by atoms with Crippen LogP contribution in [-0.4, -0.2) is 152 Å². The van der Waals surface area contributed by atoms with Crippen LogP contribution in [0, 0.1) is 0 Å². The molecule has 0 saturated heterocycles. The molecule has 0 bridgehead atoms. The van der Waals surface area contributed by atoms with Crippen LogP contribution in [0.3, 0.4) is 0 Å². The average molecular weight is 600 g/mol. The molecule has 19 nitrogen and oxygen atoms in total. The second-order valence-electron chi connectivity index (χ2n) is 7.89. The molecule has 0 heterocycles. The molecule has 228 valence electrons. The smallest absolute Gasteiger partial charge is 0.322 e. The van der Waals surface area contributed by atoms with Crippen molar-refractivity contribution >= 4 is 60.3 Å². The van der Waals surface area contributed by atoms with Crippen LogP contribution in [0.15, 0.2) is 0 Å². The largest absolute Gasteiger partial charge is 0.480 e. The molecular formula is C20H33N5O14S. The minimum absolute atomic E-state index is 0.0256. The topological polar surface area (TPSA) is 314 Å². The number of rotatable bonds is 20. The Labute approximate surface area is 232 Å². The SMILES string of the molecule is NC(CCC(=O)NC(CS)C(=O)NCC(=O)O)C(=O)O.O=C(O)CN(CCN(CC(=O)O)CC(=O)O)CC(=O)O. The van der Waals surface area contributed by atoms with Gasteiger partial charge in [-0.2, -0.15) is 12.6 Å². The lowest BCUT2D eigenvalue weighted by Crippen LogP contribution is -2.49. The molecule has 10 N–H and O–H groups in total. The Kier molecular flexibility index (Phi) is 19.9. The van der Waals surface area contributed by atoms with E-state index in [0.29, 0.717) is 0 Å². The predicted octanol–water partition coefficient (Wildman–Crippen LogP) is -4.28. The number of amides is 2. The highest BCUT2D eigenvalue weighted by Crippen LogP contribution is 1.97. The number of thiol groups is 1. The van der Waals surface area contributed by atoms with Crippen molar-refractivity contribution < 1.29 is 69.0 Å². The third-order valence-electron chi connectivity index (χ3n) is 4.42. The zero-order chi connectivity index (χ0) is 31.4. The maximum atomic E-state index is 11.5. The second-order valence-corrected chi connectivity index (χ2v) is 8.26. The van der Waals surface area contributed by atoms with Crippen molar-refractivity contribution in [1.29, 1.82) is 0 Å². The molecule has 0 rings (SSSR count). The fraction of sp³-hybridized carbons (Fsp3) is 0.600. The van der Waals surface area contributed by atoms with Crippen molar-refractivity contribution in [1.82, 2.24) is 20.4 Å². The van der Waals surface area contributed by atoms with Gasteiger partial charge in [0.1, 0.15) is 18.6 Å². The van der Waals surface area contributed by atoms with E-state index in [-0.39, 0.29) is 31.7 Å². The molecule has 40 heavy (non-hydrogen) atoms. The Morgan fingerprint density at radius 3 is 1.40 bits per heavy atom. The Balaban J connectivity index is 0. The molecule has 0 radical (unpaired) electrons. The number of carboxylic acids is 6. The highest BCUT2D eigenvalue weighted by molar-refractivity contribution is 7.80. The van der Waals surface area contributed by atoms with E-state index in [2.05, 4.69) is 23.3 Å². The molecule has 20 heteroatoms. The van der Waals surface area contributed by atoms with Gasteiger partial charge in [-0.05, 0) is 6.42 Å². The quantitative estimate of drug-likeness (QED) is 0.0592. The lowest BCUT2D eigenvalue weighted by Gasteiger charge is -2.23. The number of aliphatic carboxylic acids is 6. The van der Waals surface area contributed by atoms with Crippen molar-refractivity contribution in [2.75, 3.05) is 51.6 Å². The lowest BCUT2D eigenvalue weighted by molar-refractivity contribution is -0.145. The van der Waals surface area contributed by atoms with Gasteiger partial charge in [-0.3, -0.25) is 48.2 Å². The van der Waals surface area contributed by atoms with Gasteiger partial charge in [0, 0.05) is 25.3 Å². The number of nitrogens with two attached hydrogens (primary N) is 1. The number of carbonyl (C=O) groups excluding carboxylic acids is 2. The van der Waals surface area contributed by atoms with Gasteiger partial charge in [-0.15, -0.1) is 0 Å². The monoisotopic (exact) mass is 599 g/mol. The molecule has 0 fully saturated rings. The van der Waals surface area contributed by atoms with Crippen LogP contribution < -0.4 is 16.4 Å². The predicted molar refractivity (Wildman–Crippen MR) is 135 cm³/mol. The molecule has 2 atom stereocenters. The van der Waals surface area contributed by atoms with Gasteiger partial charge in [-0.25, -0.2) is 0 Å². The standard InChI is InChI=1S/C10H17N3O6S.C10H16N2O8/c11-5(10(18)19)1-2-7(14)13-6(4-20)9(17)12-3-8(15)16;13-7(14)3-11(4-8(15)16)1-2-12(5-9(17)18)6-10(19)20/h5-6,20H,1-4,11H2,(H,12,17)(H,13,14)(H,15,16)(H,18,19);1-6H2,(H,13,14)(H,15,16)(H,17,18)(H,19,20). The molecule has 0 aromatic rings. The first-order valence-electron chi connectivity index (χ1n) is 11.2. The van der Waals surface area contributed by atoms with Crippen molar-refractivity contribution in [2.45, 2.75) is 24.9 Å². The summed E-state index contributed by atoms with van der Waals surface area (Å²) < 4.78 is 0. The van der Waals surface area contributed by atoms with Gasteiger partial charge in [0.25, 0.3) is 0 Å². The third-order valence-corrected chi connectivity index (χ3v) is 4.78. The maximum Gasteiger partial charge on any atom is 0.322 e. The average Bonchev–Trinajstić information content (AvgIpc) is 2.81. The summed E-state index contributed by atoms with van der Waals surface area (Å²) in [5.74, 6) is -8.61. The van der Waals surface area contributed by atoms with E-state index in [1.165, 1.54) is 0 Å². The van der Waals surface area contributed by atoms with E-state index in [1.807, 2.05) is 0 Å². The van der Waals surface area contributed by atoms with E-state index in [4.69, 9.17) is 36.4 Å². The summed E-state index contributed by atoms with van der Waals surface area (Å²) in [5.41, 5.74) is 5.23. The fourth-order valence-electron chi connectivity index (χ4n) is 2.63. The van der Waals surface area contributed by atoms with Crippen molar-refractivity contribution in [3.8, 4) is 0 Å². The number of hydrogen-bond acceptors (Lipinski definition) is 12. The van der Waals surface area contributed by atoms with Gasteiger partial charge in [0.2, 0.25) is 11.8 Å². The lowest BCUT2D eigenvalue weighted by atomic mass is 10.1. The van der Waals surface area contributed by atoms with Crippen LogP contribution in [0.4, 0.5) is 0 Å². The highest BCUT2D eigenvalue weighted by Gasteiger charge is 2.21. The molecular weight excluding hydrogens is 566 g/mol. The van der Waals surface area contributed by atoms with Crippen molar-refractivity contribution in [2.24, 2.45) is 5.73 Å². The second kappa shape index (κ2) is 20.9. The Morgan fingerprint density at radius 1 is 0.700 bits per heavy atom. The summed E-state index contributed by atoms with van der Waals surface area (Å²) in [5, 5.41) is 55.8. The van der Waals surface area contributed by atoms with Gasteiger partial charge >= 0.3 is 35.8 Å². The molecule has 0 aliphatic rings. The maximum absolute atomic E-state index is 11.5. The van der Waals surface area contributed by atoms with Gasteiger partial charge in [-0.1, -0.05) is 0 Å². The first kappa shape index (κ1) is 38.1.